The van der Waals surface area contributed by atoms with Crippen molar-refractivity contribution in [3.05, 3.63) is 95.6 Å². The van der Waals surface area contributed by atoms with Crippen LogP contribution in [0.2, 0.25) is 13.1 Å². The Hall–Kier alpha value is -2.41. The van der Waals surface area contributed by atoms with Crippen LogP contribution in [0.25, 0.3) is 0 Å². The van der Waals surface area contributed by atoms with Gasteiger partial charge in [-0.15, -0.1) is 0 Å². The normalized spacial score (nSPS) is 10.6. The summed E-state index contributed by atoms with van der Waals surface area (Å²) < 4.78 is 17.6. The summed E-state index contributed by atoms with van der Waals surface area (Å²) in [6, 6.07) is 27.3. The first-order valence-electron chi connectivity index (χ1n) is 12.1. The molecule has 4 N–H and O–H groups in total. The van der Waals surface area contributed by atoms with Gasteiger partial charge in [0.1, 0.15) is 0 Å². The largest absolute Gasteiger partial charge is 0.435 e. The summed E-state index contributed by atoms with van der Waals surface area (Å²) in [4.78, 5) is 0. The average Bonchev–Trinajstić information content (AvgIpc) is 2.88. The van der Waals surface area contributed by atoms with Crippen molar-refractivity contribution in [1.82, 2.24) is 0 Å². The van der Waals surface area contributed by atoms with Crippen LogP contribution in [-0.4, -0.2) is 40.1 Å². The van der Waals surface area contributed by atoms with E-state index in [2.05, 4.69) is 67.5 Å². The molecule has 0 saturated carbocycles. The minimum absolute atomic E-state index is 0. The van der Waals surface area contributed by atoms with Gasteiger partial charge in [0.2, 0.25) is 0 Å². The highest BCUT2D eigenvalue weighted by atomic mass is 16.5. The summed E-state index contributed by atoms with van der Waals surface area (Å²) in [7, 11) is 0. The maximum atomic E-state index is 6.03. The number of benzene rings is 3. The van der Waals surface area contributed by atoms with Crippen LogP contribution in [-0.2, 0) is 33.7 Å². The highest BCUT2D eigenvalue weighted by Crippen LogP contribution is 2.11. The molecule has 0 unspecified atom stereocenters. The predicted molar refractivity (Wildman–Crippen MR) is 150 cm³/mol. The molecule has 0 aliphatic heterocycles. The summed E-state index contributed by atoms with van der Waals surface area (Å²) in [6.07, 6.45) is 1.99. The number of aryl methyl sites for hydroxylation is 1. The van der Waals surface area contributed by atoms with Crippen molar-refractivity contribution in [2.45, 2.75) is 40.2 Å². The fourth-order valence-corrected chi connectivity index (χ4v) is 3.80. The molecule has 0 amide bonds. The van der Waals surface area contributed by atoms with Gasteiger partial charge in [0.25, 0.3) is 6.92 Å². The van der Waals surface area contributed by atoms with E-state index in [1.165, 1.54) is 11.1 Å². The lowest BCUT2D eigenvalue weighted by Gasteiger charge is -2.15. The zero-order valence-electron chi connectivity index (χ0n) is 20.2. The zero-order chi connectivity index (χ0) is 24.0. The Bertz CT molecular complexity index is 941. The Morgan fingerprint density at radius 2 is 1.17 bits per heavy atom. The van der Waals surface area contributed by atoms with Crippen LogP contribution in [0.1, 0.15) is 24.1 Å². The van der Waals surface area contributed by atoms with Crippen LogP contribution in [0.3, 0.4) is 0 Å². The smallest absolute Gasteiger partial charge is 0.361 e. The van der Waals surface area contributed by atoms with Gasteiger partial charge >= 0.3 is 6.92 Å². The summed E-state index contributed by atoms with van der Waals surface area (Å²) in [6.45, 7) is 5.57. The van der Waals surface area contributed by atoms with Crippen LogP contribution in [0.5, 0.6) is 0 Å². The molecule has 0 atom stereocenters. The van der Waals surface area contributed by atoms with Crippen molar-refractivity contribution >= 4 is 24.8 Å². The highest BCUT2D eigenvalue weighted by Gasteiger charge is 2.20. The van der Waals surface area contributed by atoms with Crippen molar-refractivity contribution in [3.8, 4) is 0 Å². The third kappa shape index (κ3) is 10.0. The lowest BCUT2D eigenvalue weighted by Crippen LogP contribution is -2.45. The molecule has 5 nitrogen and oxygen atoms in total. The third-order valence-corrected chi connectivity index (χ3v) is 5.71. The van der Waals surface area contributed by atoms with Crippen LogP contribution < -0.4 is 22.4 Å². The van der Waals surface area contributed by atoms with E-state index in [-0.39, 0.29) is 21.3 Å². The quantitative estimate of drug-likeness (QED) is 0.331. The fraction of sp³-hybridized carbons (Fsp3) is 0.357. The molecule has 0 aliphatic carbocycles. The molecule has 7 heteroatoms. The molecular weight excluding hydrogens is 434 g/mol. The second kappa shape index (κ2) is 16.3. The molecule has 0 radical (unpaired) electrons. The Labute approximate surface area is 212 Å². The molecule has 0 heterocycles. The summed E-state index contributed by atoms with van der Waals surface area (Å²) in [5.74, 6) is 0. The van der Waals surface area contributed by atoms with Gasteiger partial charge in [-0.3, -0.25) is 0 Å². The Kier molecular flexibility index (Phi) is 13.4. The molecular formula is C28H40B2N2O3. The van der Waals surface area contributed by atoms with Gasteiger partial charge in [-0.1, -0.05) is 93.1 Å². The van der Waals surface area contributed by atoms with E-state index in [0.717, 1.165) is 29.2 Å². The lowest BCUT2D eigenvalue weighted by molar-refractivity contribution is 0.107. The number of nitrogens with two attached hydrogens (primary N) is 2. The molecule has 0 spiro atoms. The minimum Gasteiger partial charge on any atom is -0.435 e. The Morgan fingerprint density at radius 3 is 1.77 bits per heavy atom. The van der Waals surface area contributed by atoms with Crippen molar-refractivity contribution in [2.24, 2.45) is 11.5 Å². The first-order valence-corrected chi connectivity index (χ1v) is 12.1. The summed E-state index contributed by atoms with van der Waals surface area (Å²) >= 11 is 0. The second-order valence-corrected chi connectivity index (χ2v) is 8.51. The maximum Gasteiger partial charge on any atom is 0.361 e. The Balaban J connectivity index is 0.00000432. The van der Waals surface area contributed by atoms with Crippen molar-refractivity contribution in [1.29, 1.82) is 0 Å². The fourth-order valence-electron chi connectivity index (χ4n) is 3.80. The molecule has 3 rings (SSSR count). The first kappa shape index (κ1) is 28.8. The van der Waals surface area contributed by atoms with E-state index in [0.29, 0.717) is 39.5 Å². The van der Waals surface area contributed by atoms with E-state index in [1.807, 2.05) is 18.2 Å². The number of hydrogen-bond acceptors (Lipinski definition) is 5. The third-order valence-electron chi connectivity index (χ3n) is 5.71. The molecule has 3 aromatic carbocycles. The van der Waals surface area contributed by atoms with Gasteiger partial charge in [0.05, 0.1) is 13.2 Å². The van der Waals surface area contributed by atoms with Crippen molar-refractivity contribution in [2.75, 3.05) is 26.3 Å². The van der Waals surface area contributed by atoms with Gasteiger partial charge in [-0.2, -0.15) is 0 Å². The van der Waals surface area contributed by atoms with E-state index < -0.39 is 0 Å². The lowest BCUT2D eigenvalue weighted by atomic mass is 9.55. The summed E-state index contributed by atoms with van der Waals surface area (Å²) in [5.41, 5.74) is 17.0. The Morgan fingerprint density at radius 1 is 0.657 bits per heavy atom. The SMILES string of the molecule is C.CB(CCc1ccc(COCc2ccc(B(OCCN)c3ccccc3)cc2)cc1)OCCN. The van der Waals surface area contributed by atoms with Crippen LogP contribution in [0.4, 0.5) is 0 Å². The molecule has 0 saturated heterocycles. The average molecular weight is 474 g/mol. The van der Waals surface area contributed by atoms with E-state index in [9.17, 15) is 0 Å². The maximum absolute atomic E-state index is 6.03. The molecule has 186 valence electrons. The van der Waals surface area contributed by atoms with Gasteiger partial charge < -0.3 is 25.5 Å². The van der Waals surface area contributed by atoms with Gasteiger partial charge in [0, 0.05) is 26.3 Å². The second-order valence-electron chi connectivity index (χ2n) is 8.51. The summed E-state index contributed by atoms with van der Waals surface area (Å²) in [5, 5.41) is 0. The van der Waals surface area contributed by atoms with Crippen LogP contribution in [0.15, 0.2) is 78.9 Å². The topological polar surface area (TPSA) is 79.7 Å². The predicted octanol–water partition coefficient (Wildman–Crippen LogP) is 3.26. The van der Waals surface area contributed by atoms with E-state index in [4.69, 9.17) is 25.5 Å². The minimum atomic E-state index is -0.117. The van der Waals surface area contributed by atoms with Gasteiger partial charge in [-0.05, 0) is 40.4 Å². The van der Waals surface area contributed by atoms with E-state index >= 15 is 0 Å². The number of hydrogen-bond donors (Lipinski definition) is 2. The van der Waals surface area contributed by atoms with Gasteiger partial charge in [-0.25, -0.2) is 0 Å². The monoisotopic (exact) mass is 474 g/mol. The van der Waals surface area contributed by atoms with Crippen molar-refractivity contribution < 1.29 is 14.0 Å². The molecule has 0 bridgehead atoms. The molecule has 0 aromatic heterocycles. The molecule has 0 aliphatic rings. The van der Waals surface area contributed by atoms with E-state index in [1.54, 1.807) is 0 Å². The van der Waals surface area contributed by atoms with Gasteiger partial charge in [0.15, 0.2) is 0 Å². The standard InChI is InChI=1S/C27H36B2N2O3.CH4/c1-28(33-19-17-30)16-15-23-7-9-24(10-8-23)21-32-22-25-11-13-27(14-12-25)29(34-20-18-31)26-5-3-2-4-6-26;/h2-14H,15-22,30-31H2,1H3;1H4. The molecule has 35 heavy (non-hydrogen) atoms. The number of ether oxygens (including phenoxy) is 1. The van der Waals surface area contributed by atoms with Crippen LogP contribution in [0, 0.1) is 0 Å². The molecule has 3 aromatic rings. The zero-order valence-corrected chi connectivity index (χ0v) is 20.2. The first-order chi connectivity index (χ1) is 16.7. The van der Waals surface area contributed by atoms with Crippen molar-refractivity contribution in [3.63, 3.8) is 0 Å². The highest BCUT2D eigenvalue weighted by molar-refractivity contribution is 6.80. The molecule has 0 fully saturated rings. The van der Waals surface area contributed by atoms with Crippen LogP contribution >= 0.6 is 0 Å². The number of rotatable bonds is 15.